The first-order valence-corrected chi connectivity index (χ1v) is 8.45. The van der Waals surface area contributed by atoms with Gasteiger partial charge in [-0.05, 0) is 17.7 Å². The van der Waals surface area contributed by atoms with Gasteiger partial charge < -0.3 is 19.7 Å². The summed E-state index contributed by atoms with van der Waals surface area (Å²) in [6, 6.07) is 6.15. The van der Waals surface area contributed by atoms with Crippen LogP contribution in [0.4, 0.5) is 0 Å². The largest absolute Gasteiger partial charge is 0.454 e. The maximum atomic E-state index is 11.6. The van der Waals surface area contributed by atoms with Gasteiger partial charge in [0, 0.05) is 52.2 Å². The first-order chi connectivity index (χ1) is 11.7. The van der Waals surface area contributed by atoms with Gasteiger partial charge in [0.2, 0.25) is 12.7 Å². The highest BCUT2D eigenvalue weighted by molar-refractivity contribution is 5.76. The molecule has 6 nitrogen and oxygen atoms in total. The van der Waals surface area contributed by atoms with E-state index in [4.69, 9.17) is 9.47 Å². The predicted octanol–water partition coefficient (Wildman–Crippen LogP) is 1.23. The van der Waals surface area contributed by atoms with E-state index in [2.05, 4.69) is 33.8 Å². The summed E-state index contributed by atoms with van der Waals surface area (Å²) in [6.45, 7) is 10.2. The van der Waals surface area contributed by atoms with Crippen molar-refractivity contribution in [2.75, 3.05) is 46.1 Å². The summed E-state index contributed by atoms with van der Waals surface area (Å²) in [4.78, 5) is 16.4. The van der Waals surface area contributed by atoms with Crippen LogP contribution in [-0.4, -0.2) is 61.8 Å². The van der Waals surface area contributed by atoms with Crippen LogP contribution in [0.25, 0.3) is 0 Å². The molecular formula is C18H25N3O3. The normalized spacial score (nSPS) is 17.7. The van der Waals surface area contributed by atoms with Crippen LogP contribution in [0.3, 0.4) is 0 Å². The third kappa shape index (κ3) is 4.49. The molecule has 0 saturated carbocycles. The van der Waals surface area contributed by atoms with Crippen molar-refractivity contribution >= 4 is 5.91 Å². The zero-order valence-electron chi connectivity index (χ0n) is 14.0. The highest BCUT2D eigenvalue weighted by Gasteiger charge is 2.19. The fraction of sp³-hybridized carbons (Fsp3) is 0.500. The van der Waals surface area contributed by atoms with Gasteiger partial charge in [-0.15, -0.1) is 6.58 Å². The molecule has 1 N–H and O–H groups in total. The summed E-state index contributed by atoms with van der Waals surface area (Å²) in [6.07, 6.45) is 2.25. The number of rotatable bonds is 7. The van der Waals surface area contributed by atoms with Gasteiger partial charge in [-0.1, -0.05) is 12.1 Å². The molecule has 0 bridgehead atoms. The summed E-state index contributed by atoms with van der Waals surface area (Å²) in [7, 11) is 0. The fourth-order valence-electron chi connectivity index (χ4n) is 3.00. The van der Waals surface area contributed by atoms with Gasteiger partial charge in [0.25, 0.3) is 0 Å². The maximum absolute atomic E-state index is 11.6. The van der Waals surface area contributed by atoms with Crippen molar-refractivity contribution in [1.29, 1.82) is 0 Å². The fourth-order valence-corrected chi connectivity index (χ4v) is 3.00. The Morgan fingerprint density at radius 2 is 1.92 bits per heavy atom. The van der Waals surface area contributed by atoms with E-state index >= 15 is 0 Å². The highest BCUT2D eigenvalue weighted by Crippen LogP contribution is 2.32. The van der Waals surface area contributed by atoms with Crippen LogP contribution >= 0.6 is 0 Å². The third-order valence-corrected chi connectivity index (χ3v) is 4.41. The van der Waals surface area contributed by atoms with E-state index in [0.29, 0.717) is 19.8 Å². The van der Waals surface area contributed by atoms with Crippen molar-refractivity contribution in [3.8, 4) is 11.5 Å². The van der Waals surface area contributed by atoms with Gasteiger partial charge in [-0.2, -0.15) is 0 Å². The van der Waals surface area contributed by atoms with Crippen LogP contribution in [0.1, 0.15) is 12.0 Å². The minimum atomic E-state index is 0.0951. The van der Waals surface area contributed by atoms with E-state index in [0.717, 1.165) is 50.8 Å². The summed E-state index contributed by atoms with van der Waals surface area (Å²) >= 11 is 0. The molecule has 0 radical (unpaired) electrons. The Morgan fingerprint density at radius 3 is 2.71 bits per heavy atom. The summed E-state index contributed by atoms with van der Waals surface area (Å²) in [5.74, 6) is 1.77. The molecule has 1 aromatic rings. The molecule has 0 aliphatic carbocycles. The molecule has 130 valence electrons. The number of piperazine rings is 1. The van der Waals surface area contributed by atoms with E-state index in [9.17, 15) is 4.79 Å². The minimum Gasteiger partial charge on any atom is -0.454 e. The molecule has 6 heteroatoms. The number of nitrogens with zero attached hydrogens (tertiary/aromatic N) is 2. The van der Waals surface area contributed by atoms with Gasteiger partial charge in [0.15, 0.2) is 11.5 Å². The molecule has 0 aromatic heterocycles. The first kappa shape index (κ1) is 16.8. The van der Waals surface area contributed by atoms with Crippen LogP contribution in [0.2, 0.25) is 0 Å². The number of nitrogens with one attached hydrogen (secondary N) is 1. The molecule has 1 aromatic carbocycles. The second-order valence-corrected chi connectivity index (χ2v) is 6.15. The van der Waals surface area contributed by atoms with Crippen LogP contribution in [0.15, 0.2) is 30.9 Å². The Labute approximate surface area is 143 Å². The Bertz CT molecular complexity index is 583. The Morgan fingerprint density at radius 1 is 1.17 bits per heavy atom. The Kier molecular flexibility index (Phi) is 5.72. The molecule has 1 fully saturated rings. The molecule has 2 aliphatic heterocycles. The number of benzene rings is 1. The van der Waals surface area contributed by atoms with Crippen molar-refractivity contribution in [2.45, 2.75) is 13.0 Å². The minimum absolute atomic E-state index is 0.0951. The SMILES string of the molecule is C=CCNC(=O)CCN1CCN(Cc2ccc3c(c2)OCO3)CC1. The molecule has 2 heterocycles. The van der Waals surface area contributed by atoms with Crippen LogP contribution < -0.4 is 14.8 Å². The van der Waals surface area contributed by atoms with Crippen molar-refractivity contribution in [3.05, 3.63) is 36.4 Å². The van der Waals surface area contributed by atoms with Crippen LogP contribution in [0.5, 0.6) is 11.5 Å². The number of ether oxygens (including phenoxy) is 2. The van der Waals surface area contributed by atoms with Gasteiger partial charge >= 0.3 is 0 Å². The van der Waals surface area contributed by atoms with E-state index in [1.165, 1.54) is 5.56 Å². The number of hydrogen-bond donors (Lipinski definition) is 1. The molecule has 2 aliphatic rings. The second kappa shape index (κ2) is 8.17. The van der Waals surface area contributed by atoms with Crippen molar-refractivity contribution in [3.63, 3.8) is 0 Å². The smallest absolute Gasteiger partial charge is 0.231 e. The molecule has 24 heavy (non-hydrogen) atoms. The number of amides is 1. The van der Waals surface area contributed by atoms with Gasteiger partial charge in [-0.3, -0.25) is 9.69 Å². The highest BCUT2D eigenvalue weighted by atomic mass is 16.7. The topological polar surface area (TPSA) is 54.0 Å². The Hall–Kier alpha value is -2.05. The molecule has 1 amide bonds. The number of fused-ring (bicyclic) bond motifs is 1. The number of carbonyl (C=O) groups excluding carboxylic acids is 1. The molecule has 0 atom stereocenters. The summed E-state index contributed by atoms with van der Waals surface area (Å²) in [5.41, 5.74) is 1.25. The molecule has 0 unspecified atom stereocenters. The molecular weight excluding hydrogens is 306 g/mol. The van der Waals surface area contributed by atoms with E-state index in [1.54, 1.807) is 6.08 Å². The predicted molar refractivity (Wildman–Crippen MR) is 92.1 cm³/mol. The number of carbonyl (C=O) groups is 1. The van der Waals surface area contributed by atoms with Crippen molar-refractivity contribution in [2.24, 2.45) is 0 Å². The maximum Gasteiger partial charge on any atom is 0.231 e. The first-order valence-electron chi connectivity index (χ1n) is 8.45. The van der Waals surface area contributed by atoms with Gasteiger partial charge in [0.1, 0.15) is 0 Å². The Balaban J connectivity index is 1.39. The lowest BCUT2D eigenvalue weighted by Crippen LogP contribution is -2.46. The lowest BCUT2D eigenvalue weighted by atomic mass is 10.1. The lowest BCUT2D eigenvalue weighted by Gasteiger charge is -2.34. The summed E-state index contributed by atoms with van der Waals surface area (Å²) in [5, 5.41) is 2.82. The van der Waals surface area contributed by atoms with E-state index < -0.39 is 0 Å². The van der Waals surface area contributed by atoms with Crippen LogP contribution in [-0.2, 0) is 11.3 Å². The number of hydrogen-bond acceptors (Lipinski definition) is 5. The monoisotopic (exact) mass is 331 g/mol. The van der Waals surface area contributed by atoms with Crippen LogP contribution in [0, 0.1) is 0 Å². The van der Waals surface area contributed by atoms with Gasteiger partial charge in [-0.25, -0.2) is 0 Å². The van der Waals surface area contributed by atoms with Crippen molar-refractivity contribution < 1.29 is 14.3 Å². The zero-order chi connectivity index (χ0) is 16.8. The lowest BCUT2D eigenvalue weighted by molar-refractivity contribution is -0.121. The molecule has 3 rings (SSSR count). The molecule has 0 spiro atoms. The van der Waals surface area contributed by atoms with Gasteiger partial charge in [0.05, 0.1) is 0 Å². The quantitative estimate of drug-likeness (QED) is 0.762. The zero-order valence-corrected chi connectivity index (χ0v) is 14.0. The average Bonchev–Trinajstić information content (AvgIpc) is 3.07. The summed E-state index contributed by atoms with van der Waals surface area (Å²) < 4.78 is 10.8. The standard InChI is InChI=1S/C18H25N3O3/c1-2-6-19-18(22)5-7-20-8-10-21(11-9-20)13-15-3-4-16-17(12-15)24-14-23-16/h2-4,12H,1,5-11,13-14H2,(H,19,22). The molecule has 1 saturated heterocycles. The second-order valence-electron chi connectivity index (χ2n) is 6.15. The van der Waals surface area contributed by atoms with Crippen molar-refractivity contribution in [1.82, 2.24) is 15.1 Å². The average molecular weight is 331 g/mol. The van der Waals surface area contributed by atoms with E-state index in [1.807, 2.05) is 6.07 Å². The van der Waals surface area contributed by atoms with E-state index in [-0.39, 0.29) is 5.91 Å². The third-order valence-electron chi connectivity index (χ3n) is 4.41.